The van der Waals surface area contributed by atoms with Crippen molar-refractivity contribution in [3.63, 3.8) is 0 Å². The number of methoxy groups -OCH3 is 1. The number of nitrogens with one attached hydrogen (secondary N) is 2. The molecular weight excluding hydrogens is 410 g/mol. The first-order valence-electron chi connectivity index (χ1n) is 9.98. The van der Waals surface area contributed by atoms with Crippen LogP contribution < -0.4 is 10.6 Å². The van der Waals surface area contributed by atoms with Crippen LogP contribution in [-0.2, 0) is 11.3 Å². The van der Waals surface area contributed by atoms with Crippen LogP contribution in [0.25, 0.3) is 38.5 Å². The van der Waals surface area contributed by atoms with Crippen molar-refractivity contribution >= 4 is 50.0 Å². The molecule has 7 nitrogen and oxygen atoms in total. The molecule has 4 aromatic rings. The molecule has 3 aromatic heterocycles. The van der Waals surface area contributed by atoms with Gasteiger partial charge in [-0.2, -0.15) is 0 Å². The van der Waals surface area contributed by atoms with E-state index in [2.05, 4.69) is 27.2 Å². The average Bonchev–Trinajstić information content (AvgIpc) is 3.10. The maximum Gasteiger partial charge on any atom is 0.263 e. The number of hydrogen-bond acceptors (Lipinski definition) is 7. The molecule has 1 atom stereocenters. The Morgan fingerprint density at radius 3 is 2.90 bits per heavy atom. The molecule has 2 N–H and O–H groups in total. The Labute approximate surface area is 183 Å². The molecule has 5 rings (SSSR count). The fourth-order valence-corrected chi connectivity index (χ4v) is 4.91. The van der Waals surface area contributed by atoms with Crippen molar-refractivity contribution < 1.29 is 9.53 Å². The highest BCUT2D eigenvalue weighted by Gasteiger charge is 2.24. The summed E-state index contributed by atoms with van der Waals surface area (Å²) in [5.41, 5.74) is 3.92. The zero-order chi connectivity index (χ0) is 21.5. The van der Waals surface area contributed by atoms with Crippen molar-refractivity contribution in [1.29, 1.82) is 0 Å². The van der Waals surface area contributed by atoms with Crippen LogP contribution in [0, 0.1) is 0 Å². The summed E-state index contributed by atoms with van der Waals surface area (Å²) in [6.07, 6.45) is 1.69. The van der Waals surface area contributed by atoms with E-state index < -0.39 is 0 Å². The Morgan fingerprint density at radius 2 is 2.10 bits per heavy atom. The predicted octanol–water partition coefficient (Wildman–Crippen LogP) is 4.24. The fourth-order valence-electron chi connectivity index (χ4n) is 3.82. The van der Waals surface area contributed by atoms with E-state index in [9.17, 15) is 4.79 Å². The normalized spacial score (nSPS) is 15.9. The maximum atomic E-state index is 12.6. The lowest BCUT2D eigenvalue weighted by Gasteiger charge is -2.10. The van der Waals surface area contributed by atoms with Crippen molar-refractivity contribution in [2.24, 2.45) is 0 Å². The minimum absolute atomic E-state index is 0.0324. The van der Waals surface area contributed by atoms with Crippen molar-refractivity contribution in [3.8, 4) is 11.4 Å². The molecule has 1 amide bonds. The first-order chi connectivity index (χ1) is 15.1. The molecule has 0 aliphatic carbocycles. The zero-order valence-electron chi connectivity index (χ0n) is 17.2. The molecule has 1 aliphatic rings. The van der Waals surface area contributed by atoms with Gasteiger partial charge in [-0.05, 0) is 43.3 Å². The van der Waals surface area contributed by atoms with Gasteiger partial charge in [0.25, 0.3) is 5.91 Å². The van der Waals surface area contributed by atoms with E-state index in [0.29, 0.717) is 23.9 Å². The number of carbonyl (C=O) groups is 1. The van der Waals surface area contributed by atoms with Gasteiger partial charge in [-0.1, -0.05) is 6.58 Å². The Bertz CT molecular complexity index is 1350. The number of fused-ring (bicyclic) bond motifs is 5. The molecule has 156 valence electrons. The molecule has 4 heterocycles. The van der Waals surface area contributed by atoms with Crippen LogP contribution in [0.15, 0.2) is 36.9 Å². The Hall–Kier alpha value is -3.36. The predicted molar refractivity (Wildman–Crippen MR) is 124 cm³/mol. The molecular formula is C23H21N5O2S. The lowest BCUT2D eigenvalue weighted by atomic mass is 10.1. The van der Waals surface area contributed by atoms with Gasteiger partial charge >= 0.3 is 0 Å². The van der Waals surface area contributed by atoms with Crippen LogP contribution in [0.1, 0.15) is 28.1 Å². The standard InChI is InChI=1S/C23H21N5O2S/c1-4-13-9-17(28-19(26-13)11-30-3)16-6-5-14-15(27-16)7-8-18-20(14)21-22(31-18)23(29)25-12(2)10-24-21/h4-9,12,24H,1,10-11H2,2-3H3,(H,25,29)/t12-/m1/s1. The zero-order valence-corrected chi connectivity index (χ0v) is 18.0. The number of pyridine rings is 1. The number of thiophene rings is 1. The first kappa shape index (κ1) is 19.6. The molecule has 31 heavy (non-hydrogen) atoms. The van der Waals surface area contributed by atoms with Gasteiger partial charge in [-0.3, -0.25) is 4.79 Å². The third-order valence-corrected chi connectivity index (χ3v) is 6.38. The summed E-state index contributed by atoms with van der Waals surface area (Å²) in [5.74, 6) is 0.551. The minimum atomic E-state index is -0.0324. The van der Waals surface area contributed by atoms with Gasteiger partial charge in [-0.25, -0.2) is 15.0 Å². The molecule has 1 aromatic carbocycles. The highest BCUT2D eigenvalue weighted by molar-refractivity contribution is 7.21. The maximum absolute atomic E-state index is 12.6. The Balaban J connectivity index is 1.67. The Morgan fingerprint density at radius 1 is 1.23 bits per heavy atom. The summed E-state index contributed by atoms with van der Waals surface area (Å²) < 4.78 is 6.25. The largest absolute Gasteiger partial charge is 0.381 e. The van der Waals surface area contributed by atoms with Crippen molar-refractivity contribution in [1.82, 2.24) is 20.3 Å². The van der Waals surface area contributed by atoms with Crippen molar-refractivity contribution in [3.05, 3.63) is 53.3 Å². The second-order valence-electron chi connectivity index (χ2n) is 7.49. The van der Waals surface area contributed by atoms with Crippen LogP contribution in [0.2, 0.25) is 0 Å². The highest BCUT2D eigenvalue weighted by Crippen LogP contribution is 2.41. The second kappa shape index (κ2) is 7.72. The van der Waals surface area contributed by atoms with Gasteiger partial charge in [0.2, 0.25) is 0 Å². The van der Waals surface area contributed by atoms with E-state index in [1.165, 1.54) is 11.3 Å². The molecule has 0 radical (unpaired) electrons. The number of anilines is 1. The van der Waals surface area contributed by atoms with E-state index in [-0.39, 0.29) is 11.9 Å². The van der Waals surface area contributed by atoms with Gasteiger partial charge < -0.3 is 15.4 Å². The molecule has 8 heteroatoms. The summed E-state index contributed by atoms with van der Waals surface area (Å²) in [4.78, 5) is 27.2. The van der Waals surface area contributed by atoms with Gasteiger partial charge in [0, 0.05) is 35.2 Å². The van der Waals surface area contributed by atoms with Crippen LogP contribution in [-0.4, -0.2) is 40.6 Å². The van der Waals surface area contributed by atoms with Crippen LogP contribution in [0.4, 0.5) is 5.69 Å². The average molecular weight is 432 g/mol. The number of carbonyl (C=O) groups excluding carboxylic acids is 1. The lowest BCUT2D eigenvalue weighted by Crippen LogP contribution is -2.34. The number of aromatic nitrogens is 3. The van der Waals surface area contributed by atoms with Gasteiger partial charge in [0.15, 0.2) is 5.82 Å². The van der Waals surface area contributed by atoms with Crippen molar-refractivity contribution in [2.45, 2.75) is 19.6 Å². The molecule has 0 spiro atoms. The van der Waals surface area contributed by atoms with E-state index in [1.807, 2.05) is 37.3 Å². The van der Waals surface area contributed by atoms with Crippen molar-refractivity contribution in [2.75, 3.05) is 19.0 Å². The van der Waals surface area contributed by atoms with Gasteiger partial charge in [0.05, 0.1) is 28.3 Å². The van der Waals surface area contributed by atoms with Crippen LogP contribution in [0.5, 0.6) is 0 Å². The lowest BCUT2D eigenvalue weighted by molar-refractivity contribution is 0.0949. The van der Waals surface area contributed by atoms with E-state index in [0.717, 1.165) is 43.8 Å². The summed E-state index contributed by atoms with van der Waals surface area (Å²) in [6.45, 7) is 6.80. The smallest absolute Gasteiger partial charge is 0.263 e. The molecule has 1 aliphatic heterocycles. The SMILES string of the molecule is C=Cc1cc(-c2ccc3c(ccc4sc5c(c43)NC[C@@H](C)NC5=O)n2)nc(COC)n1. The van der Waals surface area contributed by atoms with Crippen LogP contribution >= 0.6 is 11.3 Å². The second-order valence-corrected chi connectivity index (χ2v) is 8.55. The molecule has 0 saturated heterocycles. The topological polar surface area (TPSA) is 89.0 Å². The number of amides is 1. The molecule has 0 unspecified atom stereocenters. The quantitative estimate of drug-likeness (QED) is 0.502. The van der Waals surface area contributed by atoms with Gasteiger partial charge in [-0.15, -0.1) is 11.3 Å². The summed E-state index contributed by atoms with van der Waals surface area (Å²) in [5, 5.41) is 8.52. The van der Waals surface area contributed by atoms with Gasteiger partial charge in [0.1, 0.15) is 11.5 Å². The molecule has 0 saturated carbocycles. The number of hydrogen-bond donors (Lipinski definition) is 2. The number of benzene rings is 1. The fraction of sp³-hybridized carbons (Fsp3) is 0.217. The molecule has 0 bridgehead atoms. The number of rotatable bonds is 4. The number of ether oxygens (including phenoxy) is 1. The summed E-state index contributed by atoms with van der Waals surface area (Å²) >= 11 is 1.50. The van der Waals surface area contributed by atoms with E-state index in [1.54, 1.807) is 13.2 Å². The minimum Gasteiger partial charge on any atom is -0.381 e. The third-order valence-electron chi connectivity index (χ3n) is 5.23. The van der Waals surface area contributed by atoms with E-state index in [4.69, 9.17) is 9.72 Å². The summed E-state index contributed by atoms with van der Waals surface area (Å²) in [6, 6.07) is 9.95. The van der Waals surface area contributed by atoms with Crippen LogP contribution in [0.3, 0.4) is 0 Å². The number of nitrogens with zero attached hydrogens (tertiary/aromatic N) is 3. The monoisotopic (exact) mass is 431 g/mol. The highest BCUT2D eigenvalue weighted by atomic mass is 32.1. The summed E-state index contributed by atoms with van der Waals surface area (Å²) in [7, 11) is 1.61. The first-order valence-corrected chi connectivity index (χ1v) is 10.8. The molecule has 0 fully saturated rings. The van der Waals surface area contributed by atoms with E-state index >= 15 is 0 Å². The third kappa shape index (κ3) is 3.43. The Kier molecular flexibility index (Phi) is 4.88.